The van der Waals surface area contributed by atoms with Gasteiger partial charge in [0, 0.05) is 19.7 Å². The first-order chi connectivity index (χ1) is 9.97. The van der Waals surface area contributed by atoms with Gasteiger partial charge in [-0.2, -0.15) is 5.10 Å². The smallest absolute Gasteiger partial charge is 0.319 e. The monoisotopic (exact) mass is 287 g/mol. The number of carboxylic acid groups (broad SMARTS) is 1. The summed E-state index contributed by atoms with van der Waals surface area (Å²) in [5.41, 5.74) is -0.113. The number of nitrogens with zero attached hydrogens (tertiary/aromatic N) is 2. The third kappa shape index (κ3) is 2.94. The lowest BCUT2D eigenvalue weighted by atomic mass is 9.84. The highest BCUT2D eigenvalue weighted by Crippen LogP contribution is 2.23. The zero-order valence-corrected chi connectivity index (χ0v) is 11.9. The highest BCUT2D eigenvalue weighted by molar-refractivity contribution is 6.01. The van der Waals surface area contributed by atoms with E-state index >= 15 is 0 Å². The number of rotatable bonds is 5. The van der Waals surface area contributed by atoms with Crippen molar-refractivity contribution in [2.75, 3.05) is 7.05 Å². The Kier molecular flexibility index (Phi) is 4.07. The molecule has 0 aliphatic rings. The summed E-state index contributed by atoms with van der Waals surface area (Å²) in [6.07, 6.45) is 1.78. The fourth-order valence-corrected chi connectivity index (χ4v) is 2.07. The van der Waals surface area contributed by atoms with E-state index in [0.29, 0.717) is 5.69 Å². The van der Waals surface area contributed by atoms with Crippen molar-refractivity contribution in [1.29, 1.82) is 0 Å². The largest absolute Gasteiger partial charge is 0.480 e. The summed E-state index contributed by atoms with van der Waals surface area (Å²) in [5, 5.41) is 16.1. The number of para-hydroxylation sites is 1. The van der Waals surface area contributed by atoms with Gasteiger partial charge >= 0.3 is 5.97 Å². The summed E-state index contributed by atoms with van der Waals surface area (Å²) >= 11 is 0. The van der Waals surface area contributed by atoms with Crippen molar-refractivity contribution in [3.05, 3.63) is 48.3 Å². The number of carboxylic acids is 1. The molecule has 2 aromatic rings. The van der Waals surface area contributed by atoms with Crippen LogP contribution in [-0.4, -0.2) is 33.8 Å². The zero-order chi connectivity index (χ0) is 15.5. The Morgan fingerprint density at radius 1 is 1.29 bits per heavy atom. The molecular weight excluding hydrogens is 270 g/mol. The van der Waals surface area contributed by atoms with Crippen molar-refractivity contribution in [2.45, 2.75) is 13.3 Å². The van der Waals surface area contributed by atoms with Crippen LogP contribution in [0.25, 0.3) is 5.69 Å². The number of nitrogens with one attached hydrogen (secondary N) is 1. The van der Waals surface area contributed by atoms with Gasteiger partial charge in [0.1, 0.15) is 5.41 Å². The molecule has 6 nitrogen and oxygen atoms in total. The molecule has 0 aliphatic carbocycles. The van der Waals surface area contributed by atoms with Gasteiger partial charge in [-0.3, -0.25) is 9.59 Å². The van der Waals surface area contributed by atoms with Crippen LogP contribution in [0, 0.1) is 5.41 Å². The average molecular weight is 287 g/mol. The maximum Gasteiger partial charge on any atom is 0.319 e. The first-order valence-electron chi connectivity index (χ1n) is 6.53. The number of hydrogen-bond donors (Lipinski definition) is 2. The minimum atomic E-state index is -1.54. The Balaban J connectivity index is 2.26. The molecule has 1 aromatic heterocycles. The topological polar surface area (TPSA) is 84.2 Å². The average Bonchev–Trinajstić information content (AvgIpc) is 2.95. The van der Waals surface area contributed by atoms with Crippen molar-refractivity contribution >= 4 is 11.9 Å². The second-order valence-corrected chi connectivity index (χ2v) is 4.98. The second-order valence-electron chi connectivity index (χ2n) is 4.98. The van der Waals surface area contributed by atoms with Crippen LogP contribution >= 0.6 is 0 Å². The molecule has 0 saturated carbocycles. The van der Waals surface area contributed by atoms with Crippen LogP contribution in [0.15, 0.2) is 42.6 Å². The van der Waals surface area contributed by atoms with Gasteiger partial charge in [0.25, 0.3) is 0 Å². The van der Waals surface area contributed by atoms with Gasteiger partial charge in [-0.25, -0.2) is 4.68 Å². The van der Waals surface area contributed by atoms with Crippen LogP contribution in [0.3, 0.4) is 0 Å². The minimum absolute atomic E-state index is 0.0296. The van der Waals surface area contributed by atoms with Gasteiger partial charge in [0.2, 0.25) is 5.91 Å². The molecule has 0 bridgehead atoms. The van der Waals surface area contributed by atoms with Crippen molar-refractivity contribution in [2.24, 2.45) is 5.41 Å². The van der Waals surface area contributed by atoms with E-state index in [1.54, 1.807) is 16.9 Å². The molecule has 0 radical (unpaired) electrons. The van der Waals surface area contributed by atoms with E-state index in [1.165, 1.54) is 14.0 Å². The van der Waals surface area contributed by atoms with Crippen molar-refractivity contribution in [3.63, 3.8) is 0 Å². The van der Waals surface area contributed by atoms with Gasteiger partial charge in [0.15, 0.2) is 0 Å². The molecule has 6 heteroatoms. The lowest BCUT2D eigenvalue weighted by molar-refractivity contribution is -0.154. The number of hydrogen-bond acceptors (Lipinski definition) is 3. The third-order valence-electron chi connectivity index (χ3n) is 3.40. The molecule has 0 saturated heterocycles. The Hall–Kier alpha value is -2.63. The van der Waals surface area contributed by atoms with Crippen LogP contribution in [0.4, 0.5) is 0 Å². The summed E-state index contributed by atoms with van der Waals surface area (Å²) in [5.74, 6) is -1.71. The quantitative estimate of drug-likeness (QED) is 0.811. The summed E-state index contributed by atoms with van der Waals surface area (Å²) in [7, 11) is 1.42. The maximum atomic E-state index is 11.8. The number of benzene rings is 1. The fraction of sp³-hybridized carbons (Fsp3) is 0.267. The number of aliphatic carboxylic acids is 1. The van der Waals surface area contributed by atoms with Gasteiger partial charge < -0.3 is 10.4 Å². The highest BCUT2D eigenvalue weighted by atomic mass is 16.4. The molecule has 1 aromatic carbocycles. The van der Waals surface area contributed by atoms with Crippen molar-refractivity contribution < 1.29 is 14.7 Å². The van der Waals surface area contributed by atoms with E-state index in [4.69, 9.17) is 0 Å². The highest BCUT2D eigenvalue weighted by Gasteiger charge is 2.41. The van der Waals surface area contributed by atoms with Gasteiger partial charge in [0.05, 0.1) is 11.4 Å². The zero-order valence-electron chi connectivity index (χ0n) is 11.9. The summed E-state index contributed by atoms with van der Waals surface area (Å²) in [4.78, 5) is 23.2. The van der Waals surface area contributed by atoms with E-state index in [1.807, 2.05) is 30.3 Å². The molecule has 1 heterocycles. The molecule has 2 rings (SSSR count). The van der Waals surface area contributed by atoms with Crippen LogP contribution in [0.5, 0.6) is 0 Å². The van der Waals surface area contributed by atoms with Gasteiger partial charge in [-0.05, 0) is 25.1 Å². The van der Waals surface area contributed by atoms with E-state index in [2.05, 4.69) is 10.4 Å². The molecule has 0 spiro atoms. The van der Waals surface area contributed by atoms with Crippen LogP contribution in [0.2, 0.25) is 0 Å². The summed E-state index contributed by atoms with van der Waals surface area (Å²) in [6.45, 7) is 1.40. The minimum Gasteiger partial charge on any atom is -0.480 e. The molecular formula is C15H17N3O3. The summed E-state index contributed by atoms with van der Waals surface area (Å²) in [6, 6.07) is 11.2. The molecule has 1 amide bonds. The molecule has 21 heavy (non-hydrogen) atoms. The maximum absolute atomic E-state index is 11.8. The number of carbonyl (C=O) groups excluding carboxylic acids is 1. The first kappa shape index (κ1) is 14.8. The van der Waals surface area contributed by atoms with Crippen LogP contribution in [-0.2, 0) is 16.0 Å². The van der Waals surface area contributed by atoms with Gasteiger partial charge in [-0.15, -0.1) is 0 Å². The van der Waals surface area contributed by atoms with E-state index in [0.717, 1.165) is 5.69 Å². The fourth-order valence-electron chi connectivity index (χ4n) is 2.07. The molecule has 1 unspecified atom stereocenters. The van der Waals surface area contributed by atoms with E-state index < -0.39 is 17.3 Å². The Labute approximate surface area is 122 Å². The number of carbonyl (C=O) groups is 2. The Bertz CT molecular complexity index is 651. The number of amides is 1. The molecule has 110 valence electrons. The first-order valence-corrected chi connectivity index (χ1v) is 6.53. The lowest BCUT2D eigenvalue weighted by Crippen LogP contribution is -2.44. The third-order valence-corrected chi connectivity index (χ3v) is 3.40. The summed E-state index contributed by atoms with van der Waals surface area (Å²) < 4.78 is 1.65. The predicted molar refractivity (Wildman–Crippen MR) is 77.1 cm³/mol. The number of aromatic nitrogens is 2. The van der Waals surface area contributed by atoms with Crippen molar-refractivity contribution in [1.82, 2.24) is 15.1 Å². The predicted octanol–water partition coefficient (Wildman–Crippen LogP) is 1.25. The lowest BCUT2D eigenvalue weighted by Gasteiger charge is -2.21. The Morgan fingerprint density at radius 2 is 1.95 bits per heavy atom. The molecule has 1 atom stereocenters. The van der Waals surface area contributed by atoms with Crippen LogP contribution in [0.1, 0.15) is 12.6 Å². The van der Waals surface area contributed by atoms with Crippen LogP contribution < -0.4 is 5.32 Å². The Morgan fingerprint density at radius 3 is 2.52 bits per heavy atom. The molecule has 0 aliphatic heterocycles. The van der Waals surface area contributed by atoms with E-state index in [9.17, 15) is 14.7 Å². The van der Waals surface area contributed by atoms with E-state index in [-0.39, 0.29) is 6.42 Å². The second kappa shape index (κ2) is 5.78. The SMILES string of the molecule is CNC(=O)C(C)(Cc1ccn(-c2ccccc2)n1)C(=O)O. The standard InChI is InChI=1S/C15H17N3O3/c1-15(14(20)21,13(19)16-2)10-11-8-9-18(17-11)12-6-4-3-5-7-12/h3-9H,10H2,1-2H3,(H,16,19)(H,20,21). The normalized spacial score (nSPS) is 13.4. The molecule has 2 N–H and O–H groups in total. The van der Waals surface area contributed by atoms with Gasteiger partial charge in [-0.1, -0.05) is 18.2 Å². The van der Waals surface area contributed by atoms with Crippen molar-refractivity contribution in [3.8, 4) is 5.69 Å². The molecule has 0 fully saturated rings.